The highest BCUT2D eigenvalue weighted by Gasteiger charge is 2.22. The van der Waals surface area contributed by atoms with Crippen molar-refractivity contribution in [2.24, 2.45) is 17.6 Å². The second-order valence-corrected chi connectivity index (χ2v) is 6.93. The zero-order valence-electron chi connectivity index (χ0n) is 12.9. The number of hydrogen-bond acceptors (Lipinski definition) is 2. The molecule has 20 heavy (non-hydrogen) atoms. The topological polar surface area (TPSA) is 29.3 Å². The Hall–Kier alpha value is -0.730. The summed E-state index contributed by atoms with van der Waals surface area (Å²) in [6.45, 7) is 8.97. The van der Waals surface area contributed by atoms with E-state index in [0.29, 0.717) is 0 Å². The Bertz CT molecular complexity index is 435. The van der Waals surface area contributed by atoms with Crippen molar-refractivity contribution in [2.45, 2.75) is 46.1 Å². The van der Waals surface area contributed by atoms with Gasteiger partial charge in [0, 0.05) is 29.8 Å². The predicted octanol–water partition coefficient (Wildman–Crippen LogP) is 4.10. The first-order chi connectivity index (χ1) is 9.47. The SMILES string of the molecule is CC(N)Cc1ccc(N2CCC(C(C)C)CC2)cc1Cl. The van der Waals surface area contributed by atoms with E-state index in [1.54, 1.807) is 0 Å². The first-order valence-electron chi connectivity index (χ1n) is 7.76. The molecule has 1 aliphatic rings. The van der Waals surface area contributed by atoms with Crippen LogP contribution in [0.15, 0.2) is 18.2 Å². The highest BCUT2D eigenvalue weighted by atomic mass is 35.5. The number of rotatable bonds is 4. The van der Waals surface area contributed by atoms with Crippen LogP contribution in [0.25, 0.3) is 0 Å². The Kier molecular flexibility index (Phi) is 5.34. The van der Waals surface area contributed by atoms with Crippen LogP contribution in [0.1, 0.15) is 39.2 Å². The van der Waals surface area contributed by atoms with Crippen molar-refractivity contribution >= 4 is 17.3 Å². The van der Waals surface area contributed by atoms with E-state index in [1.165, 1.54) is 18.5 Å². The summed E-state index contributed by atoms with van der Waals surface area (Å²) in [4.78, 5) is 2.46. The second-order valence-electron chi connectivity index (χ2n) is 6.53. The molecule has 1 aromatic carbocycles. The molecule has 1 aromatic rings. The number of anilines is 1. The maximum atomic E-state index is 6.39. The molecule has 2 rings (SSSR count). The quantitative estimate of drug-likeness (QED) is 0.906. The first-order valence-corrected chi connectivity index (χ1v) is 8.14. The standard InChI is InChI=1S/C17H27ClN2/c1-12(2)14-6-8-20(9-7-14)16-5-4-15(10-13(3)19)17(18)11-16/h4-5,11-14H,6-10,19H2,1-3H3. The van der Waals surface area contributed by atoms with E-state index in [9.17, 15) is 0 Å². The largest absolute Gasteiger partial charge is 0.371 e. The third kappa shape index (κ3) is 3.89. The molecule has 0 bridgehead atoms. The number of nitrogens with zero attached hydrogens (tertiary/aromatic N) is 1. The van der Waals surface area contributed by atoms with Gasteiger partial charge in [0.15, 0.2) is 0 Å². The van der Waals surface area contributed by atoms with Crippen LogP contribution >= 0.6 is 11.6 Å². The highest BCUT2D eigenvalue weighted by molar-refractivity contribution is 6.31. The van der Waals surface area contributed by atoms with Gasteiger partial charge in [-0.2, -0.15) is 0 Å². The van der Waals surface area contributed by atoms with Crippen LogP contribution in [-0.2, 0) is 6.42 Å². The van der Waals surface area contributed by atoms with Crippen molar-refractivity contribution < 1.29 is 0 Å². The van der Waals surface area contributed by atoms with Crippen molar-refractivity contribution in [1.82, 2.24) is 0 Å². The highest BCUT2D eigenvalue weighted by Crippen LogP contribution is 2.30. The number of nitrogens with two attached hydrogens (primary N) is 1. The van der Waals surface area contributed by atoms with Gasteiger partial charge in [-0.3, -0.25) is 0 Å². The van der Waals surface area contributed by atoms with Crippen molar-refractivity contribution in [3.63, 3.8) is 0 Å². The summed E-state index contributed by atoms with van der Waals surface area (Å²) in [5.74, 6) is 1.67. The first kappa shape index (κ1) is 15.7. The average molecular weight is 295 g/mol. The van der Waals surface area contributed by atoms with E-state index < -0.39 is 0 Å². The fourth-order valence-electron chi connectivity index (χ4n) is 3.07. The van der Waals surface area contributed by atoms with E-state index in [-0.39, 0.29) is 6.04 Å². The molecule has 1 unspecified atom stereocenters. The van der Waals surface area contributed by atoms with E-state index in [1.807, 2.05) is 6.92 Å². The van der Waals surface area contributed by atoms with E-state index in [2.05, 4.69) is 36.9 Å². The molecule has 0 saturated carbocycles. The van der Waals surface area contributed by atoms with Crippen molar-refractivity contribution in [1.29, 1.82) is 0 Å². The molecule has 2 N–H and O–H groups in total. The third-order valence-corrected chi connectivity index (χ3v) is 4.78. The molecule has 0 aliphatic carbocycles. The summed E-state index contributed by atoms with van der Waals surface area (Å²) in [5, 5.41) is 0.853. The lowest BCUT2D eigenvalue weighted by Gasteiger charge is -2.35. The van der Waals surface area contributed by atoms with E-state index in [4.69, 9.17) is 17.3 Å². The summed E-state index contributed by atoms with van der Waals surface area (Å²) in [6, 6.07) is 6.59. The van der Waals surface area contributed by atoms with Gasteiger partial charge in [-0.25, -0.2) is 0 Å². The summed E-state index contributed by atoms with van der Waals surface area (Å²) in [7, 11) is 0. The van der Waals surface area contributed by atoms with E-state index >= 15 is 0 Å². The van der Waals surface area contributed by atoms with Gasteiger partial charge in [-0.1, -0.05) is 31.5 Å². The molecule has 2 nitrogen and oxygen atoms in total. The van der Waals surface area contributed by atoms with Gasteiger partial charge in [-0.05, 0) is 55.7 Å². The van der Waals surface area contributed by atoms with Gasteiger partial charge in [0.05, 0.1) is 0 Å². The fourth-order valence-corrected chi connectivity index (χ4v) is 3.32. The van der Waals surface area contributed by atoms with Crippen LogP contribution in [0.5, 0.6) is 0 Å². The van der Waals surface area contributed by atoms with Gasteiger partial charge in [0.2, 0.25) is 0 Å². The third-order valence-electron chi connectivity index (χ3n) is 4.43. The number of piperidine rings is 1. The van der Waals surface area contributed by atoms with Crippen LogP contribution in [0.4, 0.5) is 5.69 Å². The van der Waals surface area contributed by atoms with Crippen LogP contribution in [0.2, 0.25) is 5.02 Å². The maximum Gasteiger partial charge on any atom is 0.0459 e. The van der Waals surface area contributed by atoms with Crippen molar-refractivity contribution in [2.75, 3.05) is 18.0 Å². The van der Waals surface area contributed by atoms with Gasteiger partial charge < -0.3 is 10.6 Å². The molecule has 112 valence electrons. The smallest absolute Gasteiger partial charge is 0.0459 e. The molecule has 0 radical (unpaired) electrons. The molecule has 3 heteroatoms. The van der Waals surface area contributed by atoms with Gasteiger partial charge in [0.1, 0.15) is 0 Å². The monoisotopic (exact) mass is 294 g/mol. The van der Waals surface area contributed by atoms with Crippen LogP contribution in [0.3, 0.4) is 0 Å². The fraction of sp³-hybridized carbons (Fsp3) is 0.647. The summed E-state index contributed by atoms with van der Waals surface area (Å²) in [5.41, 5.74) is 8.26. The van der Waals surface area contributed by atoms with Gasteiger partial charge >= 0.3 is 0 Å². The molecule has 1 fully saturated rings. The molecule has 0 amide bonds. The molecule has 1 atom stereocenters. The molecular formula is C17H27ClN2. The van der Waals surface area contributed by atoms with Gasteiger partial charge in [-0.15, -0.1) is 0 Å². The molecule has 1 aliphatic heterocycles. The molecule has 1 heterocycles. The second kappa shape index (κ2) is 6.82. The maximum absolute atomic E-state index is 6.39. The lowest BCUT2D eigenvalue weighted by molar-refractivity contribution is 0.311. The lowest BCUT2D eigenvalue weighted by atomic mass is 9.86. The summed E-state index contributed by atoms with van der Waals surface area (Å²) < 4.78 is 0. The normalized spacial score (nSPS) is 18.6. The molecular weight excluding hydrogens is 268 g/mol. The van der Waals surface area contributed by atoms with Crippen LogP contribution in [-0.4, -0.2) is 19.1 Å². The minimum Gasteiger partial charge on any atom is -0.371 e. The lowest BCUT2D eigenvalue weighted by Crippen LogP contribution is -2.35. The molecule has 1 saturated heterocycles. The zero-order valence-corrected chi connectivity index (χ0v) is 13.7. The minimum absolute atomic E-state index is 0.153. The van der Waals surface area contributed by atoms with Crippen molar-refractivity contribution in [3.05, 3.63) is 28.8 Å². The predicted molar refractivity (Wildman–Crippen MR) is 88.6 cm³/mol. The number of halogens is 1. The average Bonchev–Trinajstić information content (AvgIpc) is 2.41. The minimum atomic E-state index is 0.153. The Morgan fingerprint density at radius 2 is 1.90 bits per heavy atom. The Morgan fingerprint density at radius 3 is 2.40 bits per heavy atom. The zero-order chi connectivity index (χ0) is 14.7. The number of hydrogen-bond donors (Lipinski definition) is 1. The number of benzene rings is 1. The van der Waals surface area contributed by atoms with Crippen molar-refractivity contribution in [3.8, 4) is 0 Å². The van der Waals surface area contributed by atoms with Crippen LogP contribution < -0.4 is 10.6 Å². The Morgan fingerprint density at radius 1 is 1.25 bits per heavy atom. The summed E-state index contributed by atoms with van der Waals surface area (Å²) in [6.07, 6.45) is 3.42. The molecule has 0 spiro atoms. The molecule has 0 aromatic heterocycles. The van der Waals surface area contributed by atoms with E-state index in [0.717, 1.165) is 41.9 Å². The van der Waals surface area contributed by atoms with Crippen LogP contribution in [0, 0.1) is 11.8 Å². The summed E-state index contributed by atoms with van der Waals surface area (Å²) >= 11 is 6.39. The Balaban J connectivity index is 2.02. The van der Waals surface area contributed by atoms with Gasteiger partial charge in [0.25, 0.3) is 0 Å². The Labute approximate surface area is 128 Å².